The maximum absolute atomic E-state index is 3.81. The van der Waals surface area contributed by atoms with Crippen molar-refractivity contribution >= 4 is 0 Å². The molecule has 1 unspecified atom stereocenters. The van der Waals surface area contributed by atoms with Gasteiger partial charge in [-0.25, -0.2) is 0 Å². The molecule has 1 saturated carbocycles. The van der Waals surface area contributed by atoms with E-state index in [9.17, 15) is 0 Å². The average molecular weight is 196 g/mol. The summed E-state index contributed by atoms with van der Waals surface area (Å²) in [7, 11) is 2.23. The van der Waals surface area contributed by atoms with Crippen LogP contribution in [0.1, 0.15) is 39.0 Å². The van der Waals surface area contributed by atoms with E-state index in [1.54, 1.807) is 0 Å². The molecule has 0 radical (unpaired) electrons. The molecule has 1 saturated heterocycles. The number of nitrogens with zero attached hydrogens (tertiary/aromatic N) is 1. The fourth-order valence-corrected chi connectivity index (χ4v) is 2.62. The molecule has 0 bridgehead atoms. The summed E-state index contributed by atoms with van der Waals surface area (Å²) in [6.07, 6.45) is 7.06. The first-order valence-corrected chi connectivity index (χ1v) is 6.20. The zero-order valence-electron chi connectivity index (χ0n) is 9.63. The normalized spacial score (nSPS) is 28.7. The smallest absolute Gasteiger partial charge is 0.00939 e. The van der Waals surface area contributed by atoms with Crippen molar-refractivity contribution in [3.63, 3.8) is 0 Å². The third-order valence-electron chi connectivity index (χ3n) is 4.07. The fourth-order valence-electron chi connectivity index (χ4n) is 2.62. The van der Waals surface area contributed by atoms with E-state index >= 15 is 0 Å². The SMILES string of the molecule is CC(NC1CCN(C)CC1)C1CCC1. The topological polar surface area (TPSA) is 15.3 Å². The van der Waals surface area contributed by atoms with Gasteiger partial charge in [0.2, 0.25) is 0 Å². The lowest BCUT2D eigenvalue weighted by molar-refractivity contribution is 0.183. The summed E-state index contributed by atoms with van der Waals surface area (Å²) in [5, 5.41) is 3.81. The molecule has 2 aliphatic rings. The summed E-state index contributed by atoms with van der Waals surface area (Å²) in [4.78, 5) is 2.44. The van der Waals surface area contributed by atoms with Gasteiger partial charge in [-0.05, 0) is 58.7 Å². The van der Waals surface area contributed by atoms with E-state index in [1.165, 1.54) is 45.2 Å². The predicted molar refractivity (Wildman–Crippen MR) is 60.5 cm³/mol. The fraction of sp³-hybridized carbons (Fsp3) is 1.00. The Balaban J connectivity index is 1.68. The summed E-state index contributed by atoms with van der Waals surface area (Å²) in [6, 6.07) is 1.55. The average Bonchev–Trinajstić information content (AvgIpc) is 2.06. The Labute approximate surface area is 88.1 Å². The third-order valence-corrected chi connectivity index (χ3v) is 4.07. The first-order valence-electron chi connectivity index (χ1n) is 6.20. The number of hydrogen-bond acceptors (Lipinski definition) is 2. The molecule has 1 heterocycles. The minimum Gasteiger partial charge on any atom is -0.311 e. The maximum atomic E-state index is 3.81. The Morgan fingerprint density at radius 2 is 1.79 bits per heavy atom. The van der Waals surface area contributed by atoms with Gasteiger partial charge in [0.1, 0.15) is 0 Å². The first kappa shape index (κ1) is 10.4. The summed E-state index contributed by atoms with van der Waals surface area (Å²) in [6.45, 7) is 4.92. The molecule has 1 atom stereocenters. The summed E-state index contributed by atoms with van der Waals surface area (Å²) in [5.74, 6) is 0.981. The molecule has 0 spiro atoms. The van der Waals surface area contributed by atoms with E-state index in [-0.39, 0.29) is 0 Å². The summed E-state index contributed by atoms with van der Waals surface area (Å²) in [5.41, 5.74) is 0. The van der Waals surface area contributed by atoms with Crippen molar-refractivity contribution in [2.45, 2.75) is 51.1 Å². The zero-order valence-corrected chi connectivity index (χ0v) is 9.63. The molecule has 2 rings (SSSR count). The standard InChI is InChI=1S/C12H24N2/c1-10(11-4-3-5-11)13-12-6-8-14(2)9-7-12/h10-13H,3-9H2,1-2H3. The minimum absolute atomic E-state index is 0.761. The van der Waals surface area contributed by atoms with Crippen molar-refractivity contribution < 1.29 is 0 Å². The van der Waals surface area contributed by atoms with Crippen LogP contribution in [-0.2, 0) is 0 Å². The zero-order chi connectivity index (χ0) is 9.97. The van der Waals surface area contributed by atoms with Gasteiger partial charge in [-0.1, -0.05) is 6.42 Å². The number of rotatable bonds is 3. The number of nitrogens with one attached hydrogen (secondary N) is 1. The van der Waals surface area contributed by atoms with Crippen LogP contribution in [0.25, 0.3) is 0 Å². The van der Waals surface area contributed by atoms with Gasteiger partial charge in [0.25, 0.3) is 0 Å². The van der Waals surface area contributed by atoms with Crippen molar-refractivity contribution in [1.82, 2.24) is 10.2 Å². The Kier molecular flexibility index (Phi) is 3.45. The highest BCUT2D eigenvalue weighted by Crippen LogP contribution is 2.29. The molecule has 1 N–H and O–H groups in total. The maximum Gasteiger partial charge on any atom is 0.00939 e. The molecular weight excluding hydrogens is 172 g/mol. The lowest BCUT2D eigenvalue weighted by Gasteiger charge is -2.37. The highest BCUT2D eigenvalue weighted by atomic mass is 15.1. The molecule has 82 valence electrons. The van der Waals surface area contributed by atoms with E-state index < -0.39 is 0 Å². The Hall–Kier alpha value is -0.0800. The van der Waals surface area contributed by atoms with E-state index in [2.05, 4.69) is 24.2 Å². The lowest BCUT2D eigenvalue weighted by atomic mass is 9.80. The van der Waals surface area contributed by atoms with Crippen molar-refractivity contribution in [2.75, 3.05) is 20.1 Å². The molecule has 0 aromatic carbocycles. The van der Waals surface area contributed by atoms with Crippen LogP contribution in [0.15, 0.2) is 0 Å². The molecule has 0 aromatic rings. The van der Waals surface area contributed by atoms with Crippen molar-refractivity contribution in [2.24, 2.45) is 5.92 Å². The van der Waals surface area contributed by atoms with E-state index in [0.29, 0.717) is 0 Å². The molecular formula is C12H24N2. The molecule has 14 heavy (non-hydrogen) atoms. The van der Waals surface area contributed by atoms with Gasteiger partial charge in [0, 0.05) is 12.1 Å². The number of hydrogen-bond donors (Lipinski definition) is 1. The second-order valence-electron chi connectivity index (χ2n) is 5.22. The molecule has 2 nitrogen and oxygen atoms in total. The molecule has 0 aromatic heterocycles. The van der Waals surface area contributed by atoms with E-state index in [0.717, 1.165) is 18.0 Å². The van der Waals surface area contributed by atoms with Gasteiger partial charge in [-0.2, -0.15) is 0 Å². The van der Waals surface area contributed by atoms with Crippen LogP contribution in [0, 0.1) is 5.92 Å². The van der Waals surface area contributed by atoms with E-state index in [1.807, 2.05) is 0 Å². The predicted octanol–water partition coefficient (Wildman–Crippen LogP) is 1.86. The number of likely N-dealkylation sites (tertiary alicyclic amines) is 1. The Bertz CT molecular complexity index is 169. The second kappa shape index (κ2) is 4.63. The van der Waals surface area contributed by atoms with Crippen molar-refractivity contribution in [3.8, 4) is 0 Å². The van der Waals surface area contributed by atoms with Crippen LogP contribution in [0.5, 0.6) is 0 Å². The van der Waals surface area contributed by atoms with Gasteiger partial charge in [0.15, 0.2) is 0 Å². The molecule has 1 aliphatic carbocycles. The van der Waals surface area contributed by atoms with Gasteiger partial charge in [-0.15, -0.1) is 0 Å². The summed E-state index contributed by atoms with van der Waals surface area (Å²) >= 11 is 0. The van der Waals surface area contributed by atoms with Crippen LogP contribution in [0.4, 0.5) is 0 Å². The highest BCUT2D eigenvalue weighted by Gasteiger charge is 2.26. The minimum atomic E-state index is 0.761. The van der Waals surface area contributed by atoms with Gasteiger partial charge < -0.3 is 10.2 Å². The van der Waals surface area contributed by atoms with E-state index in [4.69, 9.17) is 0 Å². The quantitative estimate of drug-likeness (QED) is 0.741. The Morgan fingerprint density at radius 3 is 2.29 bits per heavy atom. The molecule has 2 fully saturated rings. The largest absolute Gasteiger partial charge is 0.311 e. The molecule has 2 heteroatoms. The first-order chi connectivity index (χ1) is 6.75. The second-order valence-corrected chi connectivity index (χ2v) is 5.22. The summed E-state index contributed by atoms with van der Waals surface area (Å²) < 4.78 is 0. The Morgan fingerprint density at radius 1 is 1.14 bits per heavy atom. The lowest BCUT2D eigenvalue weighted by Crippen LogP contribution is -2.47. The van der Waals surface area contributed by atoms with Crippen LogP contribution in [0.3, 0.4) is 0 Å². The number of piperidine rings is 1. The van der Waals surface area contributed by atoms with Crippen LogP contribution in [-0.4, -0.2) is 37.1 Å². The monoisotopic (exact) mass is 196 g/mol. The van der Waals surface area contributed by atoms with Crippen molar-refractivity contribution in [3.05, 3.63) is 0 Å². The molecule has 0 amide bonds. The van der Waals surface area contributed by atoms with Crippen LogP contribution in [0.2, 0.25) is 0 Å². The third kappa shape index (κ3) is 2.48. The van der Waals surface area contributed by atoms with Crippen LogP contribution < -0.4 is 5.32 Å². The van der Waals surface area contributed by atoms with Crippen LogP contribution >= 0.6 is 0 Å². The molecule has 1 aliphatic heterocycles. The van der Waals surface area contributed by atoms with Gasteiger partial charge in [0.05, 0.1) is 0 Å². The van der Waals surface area contributed by atoms with Crippen molar-refractivity contribution in [1.29, 1.82) is 0 Å². The van der Waals surface area contributed by atoms with Gasteiger partial charge >= 0.3 is 0 Å². The van der Waals surface area contributed by atoms with Gasteiger partial charge in [-0.3, -0.25) is 0 Å². The highest BCUT2D eigenvalue weighted by molar-refractivity contribution is 4.84.